The molecule has 0 amide bonds. The van der Waals surface area contributed by atoms with Gasteiger partial charge in [0.25, 0.3) is 0 Å². The third kappa shape index (κ3) is 5.30. The van der Waals surface area contributed by atoms with Crippen molar-refractivity contribution in [1.29, 1.82) is 5.26 Å². The SMILES string of the molecule is Cc1cc(C(C#N)c2ccc(Cl)cc2)c(Cl)cc1Nc1ncnc(Nc2ccccn2)c1[N+](=O)[O-]. The first-order chi connectivity index (χ1) is 16.9. The molecule has 2 N–H and O–H groups in total. The van der Waals surface area contributed by atoms with Crippen molar-refractivity contribution in [3.8, 4) is 6.07 Å². The fourth-order valence-electron chi connectivity index (χ4n) is 3.46. The number of rotatable bonds is 7. The first-order valence-electron chi connectivity index (χ1n) is 10.3. The molecule has 2 aromatic carbocycles. The van der Waals surface area contributed by atoms with Gasteiger partial charge in [0.15, 0.2) is 0 Å². The van der Waals surface area contributed by atoms with E-state index in [-0.39, 0.29) is 17.3 Å². The Balaban J connectivity index is 1.69. The first-order valence-corrected chi connectivity index (χ1v) is 11.0. The number of hydrogen-bond donors (Lipinski definition) is 2. The number of nitro groups is 1. The van der Waals surface area contributed by atoms with Gasteiger partial charge >= 0.3 is 5.69 Å². The molecule has 0 saturated heterocycles. The minimum atomic E-state index is -0.616. The standard InChI is InChI=1S/C24H17Cl2N7O2/c1-14-10-17(18(12-27)15-5-7-16(25)8-6-15)19(26)11-20(14)31-23-22(33(34)35)24(30-13-29-23)32-21-4-2-3-9-28-21/h2-11,13,18H,1H3,(H2,28,29,30,31,32). The number of nitrogens with one attached hydrogen (secondary N) is 2. The Kier molecular flexibility index (Phi) is 7.06. The number of pyridine rings is 1. The lowest BCUT2D eigenvalue weighted by atomic mass is 9.91. The van der Waals surface area contributed by atoms with Crippen LogP contribution >= 0.6 is 23.2 Å². The van der Waals surface area contributed by atoms with Crippen LogP contribution in [0.15, 0.2) is 67.1 Å². The van der Waals surface area contributed by atoms with Gasteiger partial charge in [-0.2, -0.15) is 5.26 Å². The topological polar surface area (TPSA) is 130 Å². The fraction of sp³-hybridized carbons (Fsp3) is 0.0833. The zero-order valence-electron chi connectivity index (χ0n) is 18.2. The van der Waals surface area contributed by atoms with E-state index in [4.69, 9.17) is 23.2 Å². The van der Waals surface area contributed by atoms with E-state index in [0.717, 1.165) is 5.56 Å². The van der Waals surface area contributed by atoms with Crippen molar-refractivity contribution in [2.75, 3.05) is 10.6 Å². The number of anilines is 4. The second kappa shape index (κ2) is 10.3. The molecule has 9 nitrogen and oxygen atoms in total. The zero-order chi connectivity index (χ0) is 24.9. The second-order valence-electron chi connectivity index (χ2n) is 7.44. The average Bonchev–Trinajstić information content (AvgIpc) is 2.84. The Morgan fingerprint density at radius 1 is 1.03 bits per heavy atom. The van der Waals surface area contributed by atoms with Gasteiger partial charge in [0.05, 0.1) is 16.9 Å². The monoisotopic (exact) mass is 505 g/mol. The Labute approximate surface area is 210 Å². The molecule has 1 unspecified atom stereocenters. The molecule has 0 aliphatic carbocycles. The lowest BCUT2D eigenvalue weighted by Crippen LogP contribution is -2.07. The van der Waals surface area contributed by atoms with Crippen LogP contribution in [0.4, 0.5) is 28.8 Å². The van der Waals surface area contributed by atoms with Crippen molar-refractivity contribution < 1.29 is 4.92 Å². The number of aromatic nitrogens is 3. The molecule has 2 heterocycles. The lowest BCUT2D eigenvalue weighted by Gasteiger charge is -2.16. The molecule has 35 heavy (non-hydrogen) atoms. The third-order valence-electron chi connectivity index (χ3n) is 5.16. The third-order valence-corrected chi connectivity index (χ3v) is 5.74. The fourth-order valence-corrected chi connectivity index (χ4v) is 3.86. The Morgan fingerprint density at radius 3 is 2.37 bits per heavy atom. The van der Waals surface area contributed by atoms with E-state index in [2.05, 4.69) is 31.7 Å². The van der Waals surface area contributed by atoms with Crippen molar-refractivity contribution in [3.63, 3.8) is 0 Å². The summed E-state index contributed by atoms with van der Waals surface area (Å²) in [6.45, 7) is 1.80. The maximum atomic E-state index is 11.9. The molecule has 0 radical (unpaired) electrons. The summed E-state index contributed by atoms with van der Waals surface area (Å²) in [5.74, 6) is -0.257. The molecule has 4 rings (SSSR count). The van der Waals surface area contributed by atoms with Gasteiger partial charge in [-0.1, -0.05) is 47.5 Å². The lowest BCUT2D eigenvalue weighted by molar-refractivity contribution is -0.383. The Hall–Kier alpha value is -4.26. The van der Waals surface area contributed by atoms with E-state index in [1.807, 2.05) is 0 Å². The normalized spacial score (nSPS) is 11.4. The molecule has 1 atom stereocenters. The molecule has 2 aromatic heterocycles. The van der Waals surface area contributed by atoms with Crippen molar-refractivity contribution in [2.45, 2.75) is 12.8 Å². The maximum Gasteiger partial charge on any atom is 0.353 e. The highest BCUT2D eigenvalue weighted by molar-refractivity contribution is 6.32. The van der Waals surface area contributed by atoms with Gasteiger partial charge in [0.1, 0.15) is 12.1 Å². The summed E-state index contributed by atoms with van der Waals surface area (Å²) in [5, 5.41) is 28.4. The Morgan fingerprint density at radius 2 is 1.74 bits per heavy atom. The molecular weight excluding hydrogens is 489 g/mol. The van der Waals surface area contributed by atoms with Gasteiger partial charge in [0.2, 0.25) is 11.6 Å². The van der Waals surface area contributed by atoms with E-state index in [9.17, 15) is 15.4 Å². The van der Waals surface area contributed by atoms with Gasteiger partial charge < -0.3 is 10.6 Å². The van der Waals surface area contributed by atoms with Gasteiger partial charge in [-0.05, 0) is 53.9 Å². The summed E-state index contributed by atoms with van der Waals surface area (Å²) >= 11 is 12.5. The highest BCUT2D eigenvalue weighted by atomic mass is 35.5. The zero-order valence-corrected chi connectivity index (χ0v) is 19.7. The van der Waals surface area contributed by atoms with Crippen molar-refractivity contribution in [2.24, 2.45) is 0 Å². The van der Waals surface area contributed by atoms with Crippen molar-refractivity contribution in [1.82, 2.24) is 15.0 Å². The van der Waals surface area contributed by atoms with Crippen LogP contribution in [0, 0.1) is 28.4 Å². The number of aryl methyl sites for hydroxylation is 1. The van der Waals surface area contributed by atoms with Crippen molar-refractivity contribution in [3.05, 3.63) is 104 Å². The summed E-state index contributed by atoms with van der Waals surface area (Å²) in [6, 6.07) is 17.8. The first kappa shape index (κ1) is 23.9. The molecule has 174 valence electrons. The van der Waals surface area contributed by atoms with Gasteiger partial charge in [-0.25, -0.2) is 15.0 Å². The van der Waals surface area contributed by atoms with Gasteiger partial charge in [0, 0.05) is 21.9 Å². The smallest absolute Gasteiger partial charge is 0.334 e. The average molecular weight is 506 g/mol. The molecular formula is C24H17Cl2N7O2. The minimum Gasteiger partial charge on any atom is -0.334 e. The molecule has 0 fully saturated rings. The maximum absolute atomic E-state index is 11.9. The van der Waals surface area contributed by atoms with Crippen molar-refractivity contribution >= 4 is 52.0 Å². The van der Waals surface area contributed by atoms with E-state index in [1.54, 1.807) is 67.7 Å². The predicted octanol–water partition coefficient (Wildman–Crippen LogP) is 6.54. The van der Waals surface area contributed by atoms with Crippen LogP contribution in [0.2, 0.25) is 10.0 Å². The summed E-state index contributed by atoms with van der Waals surface area (Å²) in [5.41, 5.74) is 2.21. The van der Waals surface area contributed by atoms with Crippen LogP contribution in [0.5, 0.6) is 0 Å². The predicted molar refractivity (Wildman–Crippen MR) is 135 cm³/mol. The summed E-state index contributed by atoms with van der Waals surface area (Å²) < 4.78 is 0. The van der Waals surface area contributed by atoms with E-state index >= 15 is 0 Å². The molecule has 0 aliphatic heterocycles. The molecule has 0 saturated carbocycles. The van der Waals surface area contributed by atoms with Gasteiger partial charge in [-0.3, -0.25) is 10.1 Å². The van der Waals surface area contributed by atoms with E-state index in [0.29, 0.717) is 32.7 Å². The number of halogens is 2. The van der Waals surface area contributed by atoms with Gasteiger partial charge in [-0.15, -0.1) is 0 Å². The largest absolute Gasteiger partial charge is 0.353 e. The quantitative estimate of drug-likeness (QED) is 0.214. The van der Waals surface area contributed by atoms with Crippen LogP contribution in [0.3, 0.4) is 0 Å². The number of benzene rings is 2. The minimum absolute atomic E-state index is 0.0150. The van der Waals surface area contributed by atoms with Crippen LogP contribution in [-0.4, -0.2) is 19.9 Å². The second-order valence-corrected chi connectivity index (χ2v) is 8.29. The van der Waals surface area contributed by atoms with Crippen LogP contribution in [-0.2, 0) is 0 Å². The van der Waals surface area contributed by atoms with Crippen LogP contribution < -0.4 is 10.6 Å². The van der Waals surface area contributed by atoms with Crippen LogP contribution in [0.1, 0.15) is 22.6 Å². The highest BCUT2D eigenvalue weighted by Crippen LogP contribution is 2.37. The summed E-state index contributed by atoms with van der Waals surface area (Å²) in [6.07, 6.45) is 2.76. The molecule has 0 bridgehead atoms. The number of nitriles is 1. The molecule has 4 aromatic rings. The number of hydrogen-bond acceptors (Lipinski definition) is 8. The van der Waals surface area contributed by atoms with E-state index < -0.39 is 10.8 Å². The summed E-state index contributed by atoms with van der Waals surface area (Å²) in [7, 11) is 0. The Bertz CT molecular complexity index is 1420. The molecule has 11 heteroatoms. The van der Waals surface area contributed by atoms with E-state index in [1.165, 1.54) is 6.33 Å². The summed E-state index contributed by atoms with van der Waals surface area (Å²) in [4.78, 5) is 23.5. The number of nitrogens with zero attached hydrogens (tertiary/aromatic N) is 5. The van der Waals surface area contributed by atoms with Crippen LogP contribution in [0.25, 0.3) is 0 Å². The molecule has 0 aliphatic rings. The molecule has 0 spiro atoms. The highest BCUT2D eigenvalue weighted by Gasteiger charge is 2.25.